The zero-order valence-electron chi connectivity index (χ0n) is 13.0. The number of hydrogen-bond donors (Lipinski definition) is 1. The molecule has 1 fully saturated rings. The lowest BCUT2D eigenvalue weighted by molar-refractivity contribution is 0.0552. The van der Waals surface area contributed by atoms with E-state index in [9.17, 15) is 4.79 Å². The minimum absolute atomic E-state index is 0.0561. The number of nitrogens with zero attached hydrogens (tertiary/aromatic N) is 2. The van der Waals surface area contributed by atoms with Crippen molar-refractivity contribution in [2.75, 3.05) is 24.7 Å². The van der Waals surface area contributed by atoms with E-state index in [2.05, 4.69) is 44.0 Å². The number of fused-ring (bicyclic) bond motifs is 2. The Morgan fingerprint density at radius 3 is 2.88 bits per heavy atom. The van der Waals surface area contributed by atoms with E-state index in [1.54, 1.807) is 0 Å². The van der Waals surface area contributed by atoms with Gasteiger partial charge in [-0.25, -0.2) is 9.78 Å². The smallest absolute Gasteiger partial charge is 0.357 e. The molecule has 0 amide bonds. The highest BCUT2D eigenvalue weighted by Crippen LogP contribution is 2.47. The Hall–Kier alpha value is -1.86. The minimum Gasteiger partial charge on any atom is -0.476 e. The second kappa shape index (κ2) is 5.89. The van der Waals surface area contributed by atoms with E-state index >= 15 is 0 Å². The second-order valence-electron chi connectivity index (χ2n) is 6.34. The van der Waals surface area contributed by atoms with Gasteiger partial charge < -0.3 is 19.2 Å². The Balaban J connectivity index is 1.66. The molecule has 0 aliphatic carbocycles. The van der Waals surface area contributed by atoms with Crippen molar-refractivity contribution < 1.29 is 19.1 Å². The Bertz CT molecular complexity index is 783. The van der Waals surface area contributed by atoms with E-state index in [1.165, 1.54) is 11.8 Å². The van der Waals surface area contributed by atoms with Gasteiger partial charge in [0.05, 0.1) is 6.54 Å². The molecule has 0 atom stereocenters. The van der Waals surface area contributed by atoms with Crippen molar-refractivity contribution in [3.05, 3.63) is 46.1 Å². The van der Waals surface area contributed by atoms with Gasteiger partial charge in [0.15, 0.2) is 5.69 Å². The summed E-state index contributed by atoms with van der Waals surface area (Å²) in [6, 6.07) is 6.37. The summed E-state index contributed by atoms with van der Waals surface area (Å²) in [7, 11) is 0. The maximum Gasteiger partial charge on any atom is 0.357 e. The number of carbonyl (C=O) groups is 1. The lowest BCUT2D eigenvalue weighted by Gasteiger charge is -2.34. The second-order valence-corrected chi connectivity index (χ2v) is 7.26. The number of benzene rings is 1. The van der Waals surface area contributed by atoms with Crippen LogP contribution < -0.4 is 4.90 Å². The number of rotatable bonds is 3. The summed E-state index contributed by atoms with van der Waals surface area (Å²) in [5, 5.41) is 9.00. The minimum atomic E-state index is -1.07. The average molecular weight is 393 g/mol. The van der Waals surface area contributed by atoms with Gasteiger partial charge in [0, 0.05) is 35.3 Å². The molecule has 1 N–H and O–H groups in total. The van der Waals surface area contributed by atoms with Crippen LogP contribution in [0.1, 0.15) is 34.8 Å². The summed E-state index contributed by atoms with van der Waals surface area (Å²) in [5.74, 6) is -0.655. The highest BCUT2D eigenvalue weighted by atomic mass is 79.9. The Morgan fingerprint density at radius 1 is 1.38 bits per heavy atom. The van der Waals surface area contributed by atoms with Gasteiger partial charge in [-0.2, -0.15) is 0 Å². The van der Waals surface area contributed by atoms with Crippen LogP contribution in [0.25, 0.3) is 0 Å². The van der Waals surface area contributed by atoms with Crippen molar-refractivity contribution in [2.45, 2.75) is 24.8 Å². The molecule has 7 heteroatoms. The quantitative estimate of drug-likeness (QED) is 0.863. The molecule has 2 aliphatic heterocycles. The topological polar surface area (TPSA) is 75.8 Å². The number of ether oxygens (including phenoxy) is 1. The summed E-state index contributed by atoms with van der Waals surface area (Å²) >= 11 is 3.55. The van der Waals surface area contributed by atoms with Gasteiger partial charge in [-0.1, -0.05) is 22.0 Å². The van der Waals surface area contributed by atoms with E-state index in [-0.39, 0.29) is 11.1 Å². The van der Waals surface area contributed by atoms with Gasteiger partial charge in [-0.15, -0.1) is 0 Å². The predicted molar refractivity (Wildman–Crippen MR) is 90.4 cm³/mol. The molecular weight excluding hydrogens is 376 g/mol. The zero-order chi connectivity index (χ0) is 16.7. The fourth-order valence-electron chi connectivity index (χ4n) is 3.73. The van der Waals surface area contributed by atoms with Crippen LogP contribution in [0.2, 0.25) is 0 Å². The van der Waals surface area contributed by atoms with Crippen LogP contribution in [0.5, 0.6) is 0 Å². The molecule has 0 unspecified atom stereocenters. The Labute approximate surface area is 147 Å². The third-order valence-corrected chi connectivity index (χ3v) is 5.41. The molecule has 2 aliphatic rings. The van der Waals surface area contributed by atoms with E-state index < -0.39 is 5.97 Å². The SMILES string of the molecule is O=C(O)c1coc(CN2CC3(CCOCC3)c3ccc(Br)cc32)n1. The van der Waals surface area contributed by atoms with E-state index in [1.807, 2.05) is 0 Å². The molecule has 1 saturated heterocycles. The summed E-state index contributed by atoms with van der Waals surface area (Å²) in [6.45, 7) is 2.86. The molecule has 1 aromatic heterocycles. The first-order valence-electron chi connectivity index (χ1n) is 7.88. The lowest BCUT2D eigenvalue weighted by Crippen LogP contribution is -2.38. The van der Waals surface area contributed by atoms with E-state index in [4.69, 9.17) is 14.3 Å². The summed E-state index contributed by atoms with van der Waals surface area (Å²) in [5.41, 5.74) is 2.52. The number of halogens is 1. The van der Waals surface area contributed by atoms with Crippen molar-refractivity contribution in [3.63, 3.8) is 0 Å². The number of aromatic nitrogens is 1. The van der Waals surface area contributed by atoms with Crippen LogP contribution in [0.3, 0.4) is 0 Å². The monoisotopic (exact) mass is 392 g/mol. The lowest BCUT2D eigenvalue weighted by atomic mass is 9.76. The van der Waals surface area contributed by atoms with E-state index in [0.29, 0.717) is 12.4 Å². The fourth-order valence-corrected chi connectivity index (χ4v) is 4.08. The van der Waals surface area contributed by atoms with Gasteiger partial charge in [-0.05, 0) is 30.5 Å². The molecule has 24 heavy (non-hydrogen) atoms. The van der Waals surface area contributed by atoms with Crippen LogP contribution >= 0.6 is 15.9 Å². The van der Waals surface area contributed by atoms with Crippen molar-refractivity contribution in [1.29, 1.82) is 0 Å². The summed E-state index contributed by atoms with van der Waals surface area (Å²) in [4.78, 5) is 17.3. The molecule has 1 spiro atoms. The van der Waals surface area contributed by atoms with Crippen LogP contribution in [0.15, 0.2) is 33.4 Å². The highest BCUT2D eigenvalue weighted by molar-refractivity contribution is 9.10. The van der Waals surface area contributed by atoms with Gasteiger partial charge in [0.25, 0.3) is 0 Å². The molecule has 2 aromatic rings. The largest absolute Gasteiger partial charge is 0.476 e. The first-order valence-corrected chi connectivity index (χ1v) is 8.67. The van der Waals surface area contributed by atoms with Crippen LogP contribution in [0, 0.1) is 0 Å². The zero-order valence-corrected chi connectivity index (χ0v) is 14.6. The number of carboxylic acid groups (broad SMARTS) is 1. The first kappa shape index (κ1) is 15.7. The number of oxazole rings is 1. The molecule has 4 rings (SSSR count). The van der Waals surface area contributed by atoms with Gasteiger partial charge in [-0.3, -0.25) is 0 Å². The van der Waals surface area contributed by atoms with Gasteiger partial charge in [0.2, 0.25) is 5.89 Å². The van der Waals surface area contributed by atoms with Crippen LogP contribution in [0.4, 0.5) is 5.69 Å². The maximum absolute atomic E-state index is 11.0. The fraction of sp³-hybridized carbons (Fsp3) is 0.412. The van der Waals surface area contributed by atoms with Crippen molar-refractivity contribution >= 4 is 27.6 Å². The van der Waals surface area contributed by atoms with Crippen molar-refractivity contribution in [1.82, 2.24) is 4.98 Å². The molecule has 0 radical (unpaired) electrons. The standard InChI is InChI=1S/C17H17BrN2O4/c18-11-1-2-12-14(7-11)20(10-17(12)3-5-23-6-4-17)8-15-19-13(9-24-15)16(21)22/h1-2,7,9H,3-6,8,10H2,(H,21,22). The number of aromatic carboxylic acids is 1. The summed E-state index contributed by atoms with van der Waals surface area (Å²) < 4.78 is 11.9. The predicted octanol–water partition coefficient (Wildman–Crippen LogP) is 3.20. The van der Waals surface area contributed by atoms with Crippen LogP contribution in [-0.2, 0) is 16.7 Å². The maximum atomic E-state index is 11.0. The highest BCUT2D eigenvalue weighted by Gasteiger charge is 2.44. The summed E-state index contributed by atoms with van der Waals surface area (Å²) in [6.07, 6.45) is 3.17. The number of anilines is 1. The van der Waals surface area contributed by atoms with Gasteiger partial charge in [0.1, 0.15) is 6.26 Å². The van der Waals surface area contributed by atoms with Gasteiger partial charge >= 0.3 is 5.97 Å². The van der Waals surface area contributed by atoms with E-state index in [0.717, 1.165) is 42.8 Å². The Kier molecular flexibility index (Phi) is 3.85. The number of carboxylic acids is 1. The molecule has 0 bridgehead atoms. The molecular formula is C17H17BrN2O4. The third-order valence-electron chi connectivity index (χ3n) is 4.91. The molecule has 126 valence electrons. The van der Waals surface area contributed by atoms with Crippen molar-refractivity contribution in [2.24, 2.45) is 0 Å². The molecule has 0 saturated carbocycles. The third kappa shape index (κ3) is 2.61. The van der Waals surface area contributed by atoms with Crippen LogP contribution in [-0.4, -0.2) is 35.8 Å². The number of hydrogen-bond acceptors (Lipinski definition) is 5. The Morgan fingerprint density at radius 2 is 2.17 bits per heavy atom. The average Bonchev–Trinajstić information content (AvgIpc) is 3.13. The van der Waals surface area contributed by atoms with Crippen molar-refractivity contribution in [3.8, 4) is 0 Å². The molecule has 6 nitrogen and oxygen atoms in total. The molecule has 1 aromatic carbocycles. The molecule has 3 heterocycles. The first-order chi connectivity index (χ1) is 11.6. The normalized spacial score (nSPS) is 18.8.